The molecule has 4 atom stereocenters. The highest BCUT2D eigenvalue weighted by Crippen LogP contribution is 2.55. The standard InChI is InChI=1S/C27H29F4N3O2.ClH/c1-33(2)22-10-11-26(24(22)17-4-6-19(28)7-5-17)15-18(16-36-26)21-14-20(8-9-23(21)35-3)34-13-12-32-25(34)27(29,30)31;/h4-9,12-14,18,22,24H,10-11,15-16H2,1-3H3;1H/t18-,22+,24+,26-;/m1./s1. The molecule has 10 heteroatoms. The zero-order valence-corrected chi connectivity index (χ0v) is 21.7. The van der Waals surface area contributed by atoms with Crippen molar-refractivity contribution in [2.45, 2.75) is 48.9 Å². The lowest BCUT2D eigenvalue weighted by molar-refractivity contribution is -0.145. The van der Waals surface area contributed by atoms with E-state index in [1.54, 1.807) is 25.3 Å². The van der Waals surface area contributed by atoms with E-state index in [0.717, 1.165) is 34.7 Å². The summed E-state index contributed by atoms with van der Waals surface area (Å²) in [6.07, 6.45) is 0.351. The molecule has 5 rings (SSSR count). The molecule has 0 unspecified atom stereocenters. The van der Waals surface area contributed by atoms with Gasteiger partial charge in [0.05, 0.1) is 19.3 Å². The van der Waals surface area contributed by atoms with Gasteiger partial charge >= 0.3 is 6.18 Å². The van der Waals surface area contributed by atoms with E-state index in [1.165, 1.54) is 18.3 Å². The lowest BCUT2D eigenvalue weighted by atomic mass is 9.78. The van der Waals surface area contributed by atoms with Crippen LogP contribution >= 0.6 is 12.4 Å². The molecule has 1 spiro atoms. The van der Waals surface area contributed by atoms with Gasteiger partial charge in [0.1, 0.15) is 11.6 Å². The van der Waals surface area contributed by atoms with Gasteiger partial charge in [0.2, 0.25) is 5.82 Å². The van der Waals surface area contributed by atoms with Crippen molar-refractivity contribution in [3.05, 3.63) is 77.6 Å². The molecular formula is C27H30ClF4N3O2. The van der Waals surface area contributed by atoms with Crippen LogP contribution in [0.15, 0.2) is 54.9 Å². The number of imidazole rings is 1. The maximum absolute atomic E-state index is 13.7. The van der Waals surface area contributed by atoms with E-state index < -0.39 is 17.6 Å². The molecule has 3 aromatic rings. The third-order valence-corrected chi connectivity index (χ3v) is 7.70. The lowest BCUT2D eigenvalue weighted by Gasteiger charge is -2.36. The highest BCUT2D eigenvalue weighted by atomic mass is 35.5. The average Bonchev–Trinajstić information content (AvgIpc) is 3.58. The molecule has 1 saturated carbocycles. The van der Waals surface area contributed by atoms with Gasteiger partial charge in [0.25, 0.3) is 0 Å². The summed E-state index contributed by atoms with van der Waals surface area (Å²) in [5.41, 5.74) is 1.75. The van der Waals surface area contributed by atoms with E-state index in [2.05, 4.69) is 9.88 Å². The van der Waals surface area contributed by atoms with Crippen molar-refractivity contribution >= 4 is 12.4 Å². The second kappa shape index (κ2) is 10.3. The Morgan fingerprint density at radius 2 is 1.86 bits per heavy atom. The van der Waals surface area contributed by atoms with Crippen molar-refractivity contribution in [2.24, 2.45) is 0 Å². The number of aromatic nitrogens is 2. The molecule has 37 heavy (non-hydrogen) atoms. The average molecular weight is 540 g/mol. The molecule has 0 N–H and O–H groups in total. The first-order chi connectivity index (χ1) is 17.1. The lowest BCUT2D eigenvalue weighted by Crippen LogP contribution is -2.40. The zero-order valence-electron chi connectivity index (χ0n) is 20.8. The smallest absolute Gasteiger partial charge is 0.450 e. The summed E-state index contributed by atoms with van der Waals surface area (Å²) in [6, 6.07) is 11.9. The fourth-order valence-corrected chi connectivity index (χ4v) is 6.12. The quantitative estimate of drug-likeness (QED) is 0.361. The number of halogens is 5. The van der Waals surface area contributed by atoms with Crippen molar-refractivity contribution in [1.29, 1.82) is 0 Å². The molecule has 5 nitrogen and oxygen atoms in total. The van der Waals surface area contributed by atoms with Gasteiger partial charge < -0.3 is 14.4 Å². The summed E-state index contributed by atoms with van der Waals surface area (Å²) in [5, 5.41) is 0. The molecule has 2 heterocycles. The molecule has 2 aliphatic rings. The number of alkyl halides is 3. The number of ether oxygens (including phenoxy) is 2. The summed E-state index contributed by atoms with van der Waals surface area (Å²) >= 11 is 0. The molecule has 1 aliphatic carbocycles. The molecule has 1 aliphatic heterocycles. The Balaban J connectivity index is 0.00000320. The van der Waals surface area contributed by atoms with E-state index in [9.17, 15) is 17.6 Å². The van der Waals surface area contributed by atoms with Crippen LogP contribution in [0.2, 0.25) is 0 Å². The number of nitrogens with zero attached hydrogens (tertiary/aromatic N) is 3. The third kappa shape index (κ3) is 4.96. The van der Waals surface area contributed by atoms with Crippen LogP contribution in [0, 0.1) is 5.82 Å². The highest BCUT2D eigenvalue weighted by molar-refractivity contribution is 5.85. The predicted molar refractivity (Wildman–Crippen MR) is 134 cm³/mol. The van der Waals surface area contributed by atoms with Gasteiger partial charge in [0.15, 0.2) is 0 Å². The minimum Gasteiger partial charge on any atom is -0.496 e. The molecule has 0 bridgehead atoms. The SMILES string of the molecule is COc1ccc(-n2ccnc2C(F)(F)F)cc1[C@H]1CO[C@]2(CC[C@H](N(C)C)[C@@H]2c2ccc(F)cc2)C1.Cl. The Morgan fingerprint density at radius 1 is 1.14 bits per heavy atom. The summed E-state index contributed by atoms with van der Waals surface area (Å²) in [7, 11) is 5.65. The van der Waals surface area contributed by atoms with Crippen LogP contribution < -0.4 is 4.74 Å². The number of hydrogen-bond acceptors (Lipinski definition) is 4. The maximum atomic E-state index is 13.7. The largest absolute Gasteiger partial charge is 0.496 e. The van der Waals surface area contributed by atoms with E-state index in [1.807, 2.05) is 26.2 Å². The van der Waals surface area contributed by atoms with Crippen LogP contribution in [-0.2, 0) is 10.9 Å². The Labute approximate surface area is 219 Å². The van der Waals surface area contributed by atoms with Gasteiger partial charge in [0, 0.05) is 41.5 Å². The summed E-state index contributed by atoms with van der Waals surface area (Å²) in [6.45, 7) is 0.424. The molecule has 2 aromatic carbocycles. The highest BCUT2D eigenvalue weighted by Gasteiger charge is 2.55. The second-order valence-electron chi connectivity index (χ2n) is 9.92. The number of rotatable bonds is 5. The van der Waals surface area contributed by atoms with Gasteiger partial charge in [-0.05, 0) is 69.3 Å². The number of hydrogen-bond donors (Lipinski definition) is 0. The summed E-state index contributed by atoms with van der Waals surface area (Å²) < 4.78 is 67.4. The van der Waals surface area contributed by atoms with Gasteiger partial charge in [-0.1, -0.05) is 12.1 Å². The number of likely N-dealkylation sites (N-methyl/N-ethyl adjacent to an activating group) is 1. The number of benzene rings is 2. The van der Waals surface area contributed by atoms with Gasteiger partial charge in [-0.2, -0.15) is 13.2 Å². The van der Waals surface area contributed by atoms with Crippen molar-refractivity contribution in [2.75, 3.05) is 27.8 Å². The molecule has 200 valence electrons. The van der Waals surface area contributed by atoms with Crippen molar-refractivity contribution in [3.63, 3.8) is 0 Å². The topological polar surface area (TPSA) is 39.5 Å². The first-order valence-electron chi connectivity index (χ1n) is 12.0. The van der Waals surface area contributed by atoms with Crippen LogP contribution in [0.4, 0.5) is 17.6 Å². The molecular weight excluding hydrogens is 510 g/mol. The first kappa shape index (κ1) is 27.4. The molecule has 1 saturated heterocycles. The Bertz CT molecular complexity index is 1230. The zero-order chi connectivity index (χ0) is 25.7. The Hall–Kier alpha value is -2.62. The van der Waals surface area contributed by atoms with E-state index in [4.69, 9.17) is 9.47 Å². The van der Waals surface area contributed by atoms with E-state index in [0.29, 0.717) is 24.5 Å². The van der Waals surface area contributed by atoms with Crippen molar-refractivity contribution < 1.29 is 27.0 Å². The molecule has 2 fully saturated rings. The minimum atomic E-state index is -4.57. The maximum Gasteiger partial charge on any atom is 0.450 e. The molecule has 0 amide bonds. The third-order valence-electron chi connectivity index (χ3n) is 7.70. The fraction of sp³-hybridized carbons (Fsp3) is 0.444. The summed E-state index contributed by atoms with van der Waals surface area (Å²) in [5.74, 6) is -0.673. The fourth-order valence-electron chi connectivity index (χ4n) is 6.12. The Kier molecular flexibility index (Phi) is 7.61. The monoisotopic (exact) mass is 539 g/mol. The number of methoxy groups -OCH3 is 1. The Morgan fingerprint density at radius 3 is 2.51 bits per heavy atom. The minimum absolute atomic E-state index is 0. The van der Waals surface area contributed by atoms with Gasteiger partial charge in [-0.15, -0.1) is 12.4 Å². The first-order valence-corrected chi connectivity index (χ1v) is 12.0. The van der Waals surface area contributed by atoms with Crippen LogP contribution in [0.3, 0.4) is 0 Å². The van der Waals surface area contributed by atoms with Crippen molar-refractivity contribution in [3.8, 4) is 11.4 Å². The molecule has 0 radical (unpaired) electrons. The van der Waals surface area contributed by atoms with Gasteiger partial charge in [-0.25, -0.2) is 9.37 Å². The van der Waals surface area contributed by atoms with Gasteiger partial charge in [-0.3, -0.25) is 4.57 Å². The summed E-state index contributed by atoms with van der Waals surface area (Å²) in [4.78, 5) is 5.71. The van der Waals surface area contributed by atoms with E-state index in [-0.39, 0.29) is 36.1 Å². The van der Waals surface area contributed by atoms with Crippen molar-refractivity contribution in [1.82, 2.24) is 14.5 Å². The normalized spacial score (nSPS) is 25.6. The second-order valence-corrected chi connectivity index (χ2v) is 9.92. The van der Waals surface area contributed by atoms with Crippen LogP contribution in [0.25, 0.3) is 5.69 Å². The van der Waals surface area contributed by atoms with Crippen LogP contribution in [0.1, 0.15) is 48.0 Å². The van der Waals surface area contributed by atoms with Crippen LogP contribution in [0.5, 0.6) is 5.75 Å². The predicted octanol–water partition coefficient (Wildman–Crippen LogP) is 6.21. The molecule has 1 aromatic heterocycles. The van der Waals surface area contributed by atoms with E-state index >= 15 is 0 Å². The van der Waals surface area contributed by atoms with Crippen LogP contribution in [-0.4, -0.2) is 53.9 Å².